The summed E-state index contributed by atoms with van der Waals surface area (Å²) in [6.07, 6.45) is 0.0820. The van der Waals surface area contributed by atoms with Gasteiger partial charge < -0.3 is 26.0 Å². The molecule has 0 unspecified atom stereocenters. The van der Waals surface area contributed by atoms with Crippen LogP contribution in [0.1, 0.15) is 24.0 Å². The van der Waals surface area contributed by atoms with E-state index in [0.29, 0.717) is 5.56 Å². The summed E-state index contributed by atoms with van der Waals surface area (Å²) in [5, 5.41) is 21.6. The van der Waals surface area contributed by atoms with Gasteiger partial charge in [0.25, 0.3) is 0 Å². The number of benzene rings is 2. The molecule has 27 heavy (non-hydrogen) atoms. The number of hydrogen-bond acceptors (Lipinski definition) is 6. The van der Waals surface area contributed by atoms with Crippen LogP contribution < -0.4 is 11.1 Å². The van der Waals surface area contributed by atoms with Gasteiger partial charge in [0, 0.05) is 12.3 Å². The Morgan fingerprint density at radius 1 is 1.11 bits per heavy atom. The molecule has 0 aromatic heterocycles. The molecule has 2 rings (SSSR count). The van der Waals surface area contributed by atoms with E-state index in [1.807, 2.05) is 37.3 Å². The van der Waals surface area contributed by atoms with Crippen LogP contribution in [0.5, 0.6) is 11.5 Å². The number of methoxy groups -OCH3 is 1. The van der Waals surface area contributed by atoms with Crippen LogP contribution in [-0.2, 0) is 20.7 Å². The number of phenolic OH excluding ortho intramolecular Hbond substituents is 2. The number of esters is 1. The van der Waals surface area contributed by atoms with Crippen LogP contribution in [0.25, 0.3) is 0 Å². The van der Waals surface area contributed by atoms with Crippen LogP contribution >= 0.6 is 0 Å². The first-order chi connectivity index (χ1) is 12.8. The van der Waals surface area contributed by atoms with E-state index in [0.717, 1.165) is 5.56 Å². The fourth-order valence-electron chi connectivity index (χ4n) is 2.73. The van der Waals surface area contributed by atoms with Gasteiger partial charge in [-0.05, 0) is 23.3 Å². The number of carbonyl (C=O) groups excluding carboxylic acids is 2. The normalized spacial score (nSPS) is 14.0. The highest BCUT2D eigenvalue weighted by atomic mass is 16.5. The molecule has 7 heteroatoms. The van der Waals surface area contributed by atoms with Gasteiger partial charge in [-0.1, -0.05) is 43.3 Å². The molecular formula is C20H24N2O5. The Morgan fingerprint density at radius 2 is 1.78 bits per heavy atom. The van der Waals surface area contributed by atoms with E-state index >= 15 is 0 Å². The molecule has 0 radical (unpaired) electrons. The fraction of sp³-hybridized carbons (Fsp3) is 0.300. The zero-order valence-corrected chi connectivity index (χ0v) is 15.3. The third-order valence-corrected chi connectivity index (χ3v) is 4.45. The summed E-state index contributed by atoms with van der Waals surface area (Å²) in [5.74, 6) is -1.93. The summed E-state index contributed by atoms with van der Waals surface area (Å²) in [6, 6.07) is 11.7. The lowest BCUT2D eigenvalue weighted by Gasteiger charge is -2.23. The molecule has 0 spiro atoms. The average Bonchev–Trinajstić information content (AvgIpc) is 2.69. The third kappa shape index (κ3) is 5.21. The van der Waals surface area contributed by atoms with Crippen molar-refractivity contribution < 1.29 is 24.5 Å². The highest BCUT2D eigenvalue weighted by molar-refractivity contribution is 5.88. The minimum Gasteiger partial charge on any atom is -0.504 e. The van der Waals surface area contributed by atoms with Crippen LogP contribution in [0.4, 0.5) is 0 Å². The third-order valence-electron chi connectivity index (χ3n) is 4.45. The van der Waals surface area contributed by atoms with Gasteiger partial charge in [0.2, 0.25) is 5.91 Å². The molecule has 3 atom stereocenters. The van der Waals surface area contributed by atoms with Crippen molar-refractivity contribution in [3.8, 4) is 11.5 Å². The maximum absolute atomic E-state index is 12.6. The molecule has 2 aromatic carbocycles. The number of rotatable bonds is 7. The molecule has 5 N–H and O–H groups in total. The number of carbonyl (C=O) groups is 2. The van der Waals surface area contributed by atoms with Gasteiger partial charge in [-0.25, -0.2) is 4.79 Å². The van der Waals surface area contributed by atoms with E-state index in [1.54, 1.807) is 6.07 Å². The molecule has 1 amide bonds. The molecule has 0 fully saturated rings. The van der Waals surface area contributed by atoms with Gasteiger partial charge in [0.15, 0.2) is 11.5 Å². The molecule has 0 bridgehead atoms. The van der Waals surface area contributed by atoms with Crippen molar-refractivity contribution >= 4 is 11.9 Å². The molecule has 0 saturated heterocycles. The zero-order valence-electron chi connectivity index (χ0n) is 15.3. The molecule has 0 heterocycles. The highest BCUT2D eigenvalue weighted by Gasteiger charge is 2.28. The summed E-state index contributed by atoms with van der Waals surface area (Å²) >= 11 is 0. The lowest BCUT2D eigenvalue weighted by molar-refractivity contribution is -0.145. The summed E-state index contributed by atoms with van der Waals surface area (Å²) in [5.41, 5.74) is 7.54. The predicted octanol–water partition coefficient (Wildman–Crippen LogP) is 1.43. The Kier molecular flexibility index (Phi) is 6.79. The van der Waals surface area contributed by atoms with Crippen LogP contribution in [-0.4, -0.2) is 41.3 Å². The molecular weight excluding hydrogens is 348 g/mol. The summed E-state index contributed by atoms with van der Waals surface area (Å²) < 4.78 is 4.76. The maximum Gasteiger partial charge on any atom is 0.328 e. The summed E-state index contributed by atoms with van der Waals surface area (Å²) in [4.78, 5) is 24.6. The van der Waals surface area contributed by atoms with Crippen molar-refractivity contribution in [2.45, 2.75) is 31.3 Å². The van der Waals surface area contributed by atoms with Crippen LogP contribution in [0, 0.1) is 0 Å². The summed E-state index contributed by atoms with van der Waals surface area (Å²) in [7, 11) is 1.22. The standard InChI is InChI=1S/C20H24N2O5/c1-12(14-6-4-3-5-7-14)18(21)19(25)22-15(20(26)27-2)10-13-8-9-16(23)17(24)11-13/h3-9,11-12,15,18,23-24H,10,21H2,1-2H3,(H,22,25)/t12-,15+,18+/m1/s1. The predicted molar refractivity (Wildman–Crippen MR) is 100 cm³/mol. The Labute approximate surface area is 157 Å². The van der Waals surface area contributed by atoms with Gasteiger partial charge in [-0.2, -0.15) is 0 Å². The van der Waals surface area contributed by atoms with E-state index in [4.69, 9.17) is 10.5 Å². The van der Waals surface area contributed by atoms with E-state index in [1.165, 1.54) is 19.2 Å². The smallest absolute Gasteiger partial charge is 0.328 e. The van der Waals surface area contributed by atoms with E-state index < -0.39 is 24.0 Å². The van der Waals surface area contributed by atoms with Crippen molar-refractivity contribution in [2.75, 3.05) is 7.11 Å². The Morgan fingerprint density at radius 3 is 2.37 bits per heavy atom. The maximum atomic E-state index is 12.6. The lowest BCUT2D eigenvalue weighted by Crippen LogP contribution is -2.51. The Balaban J connectivity index is 2.11. The van der Waals surface area contributed by atoms with Gasteiger partial charge in [0.1, 0.15) is 6.04 Å². The topological polar surface area (TPSA) is 122 Å². The minimum absolute atomic E-state index is 0.0820. The number of nitrogens with one attached hydrogen (secondary N) is 1. The number of phenols is 2. The Bertz CT molecular complexity index is 794. The van der Waals surface area contributed by atoms with E-state index in [9.17, 15) is 19.8 Å². The van der Waals surface area contributed by atoms with Crippen molar-refractivity contribution in [2.24, 2.45) is 5.73 Å². The largest absolute Gasteiger partial charge is 0.504 e. The van der Waals surface area contributed by atoms with Gasteiger partial charge in [0.05, 0.1) is 13.2 Å². The second kappa shape index (κ2) is 9.05. The molecule has 7 nitrogen and oxygen atoms in total. The van der Waals surface area contributed by atoms with Crippen LogP contribution in [0.2, 0.25) is 0 Å². The first-order valence-electron chi connectivity index (χ1n) is 8.53. The minimum atomic E-state index is -0.972. The monoisotopic (exact) mass is 372 g/mol. The van der Waals surface area contributed by atoms with E-state index in [2.05, 4.69) is 5.32 Å². The van der Waals surface area contributed by atoms with Crippen LogP contribution in [0.15, 0.2) is 48.5 Å². The van der Waals surface area contributed by atoms with Crippen LogP contribution in [0.3, 0.4) is 0 Å². The van der Waals surface area contributed by atoms with Crippen molar-refractivity contribution in [1.82, 2.24) is 5.32 Å². The zero-order chi connectivity index (χ0) is 20.0. The molecule has 0 aliphatic carbocycles. The van der Waals surface area contributed by atoms with Crippen molar-refractivity contribution in [3.63, 3.8) is 0 Å². The van der Waals surface area contributed by atoms with Gasteiger partial charge in [-0.3, -0.25) is 4.79 Å². The molecule has 2 aromatic rings. The lowest BCUT2D eigenvalue weighted by atomic mass is 9.93. The number of hydrogen-bond donors (Lipinski definition) is 4. The first kappa shape index (κ1) is 20.3. The van der Waals surface area contributed by atoms with Gasteiger partial charge in [-0.15, -0.1) is 0 Å². The number of aromatic hydroxyl groups is 2. The average molecular weight is 372 g/mol. The second-order valence-corrected chi connectivity index (χ2v) is 6.34. The number of amides is 1. The summed E-state index contributed by atoms with van der Waals surface area (Å²) in [6.45, 7) is 1.84. The fourth-order valence-corrected chi connectivity index (χ4v) is 2.73. The molecule has 144 valence electrons. The SMILES string of the molecule is COC(=O)[C@H](Cc1ccc(O)c(O)c1)NC(=O)[C@@H](N)[C@H](C)c1ccccc1. The van der Waals surface area contributed by atoms with Gasteiger partial charge >= 0.3 is 5.97 Å². The Hall–Kier alpha value is -3.06. The molecule has 0 aliphatic rings. The first-order valence-corrected chi connectivity index (χ1v) is 8.53. The number of nitrogens with two attached hydrogens (primary N) is 1. The number of ether oxygens (including phenoxy) is 1. The van der Waals surface area contributed by atoms with E-state index in [-0.39, 0.29) is 23.8 Å². The molecule has 0 aliphatic heterocycles. The quantitative estimate of drug-likeness (QED) is 0.431. The molecule has 0 saturated carbocycles. The highest BCUT2D eigenvalue weighted by Crippen LogP contribution is 2.25. The van der Waals surface area contributed by atoms with Crippen molar-refractivity contribution in [1.29, 1.82) is 0 Å². The van der Waals surface area contributed by atoms with Crippen molar-refractivity contribution in [3.05, 3.63) is 59.7 Å². The second-order valence-electron chi connectivity index (χ2n) is 6.34.